The number of urea groups is 1. The monoisotopic (exact) mass is 448 g/mol. The summed E-state index contributed by atoms with van der Waals surface area (Å²) < 4.78 is 1.06. The van der Waals surface area contributed by atoms with Gasteiger partial charge in [-0.05, 0) is 49.4 Å². The molecular formula is C24H24N4O3S. The number of hydrogen-bond donors (Lipinski definition) is 1. The first kappa shape index (κ1) is 20.6. The van der Waals surface area contributed by atoms with E-state index < -0.39 is 11.6 Å². The van der Waals surface area contributed by atoms with Crippen LogP contribution >= 0.6 is 11.3 Å². The van der Waals surface area contributed by atoms with Crippen molar-refractivity contribution in [2.75, 3.05) is 13.6 Å². The number of aromatic nitrogens is 1. The predicted molar refractivity (Wildman–Crippen MR) is 122 cm³/mol. The van der Waals surface area contributed by atoms with E-state index in [4.69, 9.17) is 0 Å². The zero-order valence-corrected chi connectivity index (χ0v) is 18.8. The smallest absolute Gasteiger partial charge is 0.325 e. The average molecular weight is 449 g/mol. The van der Waals surface area contributed by atoms with Crippen molar-refractivity contribution in [2.24, 2.45) is 0 Å². The quantitative estimate of drug-likeness (QED) is 0.619. The van der Waals surface area contributed by atoms with Crippen molar-refractivity contribution in [1.82, 2.24) is 20.1 Å². The number of amides is 4. The zero-order chi connectivity index (χ0) is 22.5. The highest BCUT2D eigenvalue weighted by Gasteiger charge is 2.54. The summed E-state index contributed by atoms with van der Waals surface area (Å²) >= 11 is 1.54. The average Bonchev–Trinajstić information content (AvgIpc) is 3.34. The molecule has 2 aliphatic rings. The minimum absolute atomic E-state index is 0.273. The van der Waals surface area contributed by atoms with Gasteiger partial charge in [0, 0.05) is 7.05 Å². The van der Waals surface area contributed by atoms with Crippen molar-refractivity contribution in [3.05, 3.63) is 64.7 Å². The highest BCUT2D eigenvalue weighted by Crippen LogP contribution is 2.40. The van der Waals surface area contributed by atoms with Crippen molar-refractivity contribution in [2.45, 2.75) is 37.8 Å². The molecule has 2 heterocycles. The highest BCUT2D eigenvalue weighted by atomic mass is 32.1. The van der Waals surface area contributed by atoms with E-state index in [2.05, 4.69) is 10.3 Å². The lowest BCUT2D eigenvalue weighted by Gasteiger charge is -2.33. The van der Waals surface area contributed by atoms with Gasteiger partial charge in [0.1, 0.15) is 17.1 Å². The maximum atomic E-state index is 13.4. The van der Waals surface area contributed by atoms with Gasteiger partial charge in [-0.3, -0.25) is 14.5 Å². The summed E-state index contributed by atoms with van der Waals surface area (Å²) in [6.45, 7) is 1.61. The number of imide groups is 1. The maximum absolute atomic E-state index is 13.4. The van der Waals surface area contributed by atoms with E-state index in [-0.39, 0.29) is 24.4 Å². The van der Waals surface area contributed by atoms with Crippen LogP contribution in [0.25, 0.3) is 10.2 Å². The third-order valence-electron chi connectivity index (χ3n) is 6.59. The van der Waals surface area contributed by atoms with Crippen molar-refractivity contribution in [3.8, 4) is 0 Å². The maximum Gasteiger partial charge on any atom is 0.325 e. The highest BCUT2D eigenvalue weighted by molar-refractivity contribution is 7.18. The van der Waals surface area contributed by atoms with Gasteiger partial charge in [0.15, 0.2) is 0 Å². The van der Waals surface area contributed by atoms with E-state index in [1.165, 1.54) is 11.3 Å². The molecule has 0 radical (unpaired) electrons. The molecule has 2 aromatic carbocycles. The van der Waals surface area contributed by atoms with Crippen molar-refractivity contribution in [1.29, 1.82) is 0 Å². The Hall–Kier alpha value is -3.26. The van der Waals surface area contributed by atoms with Gasteiger partial charge in [0.05, 0.1) is 16.3 Å². The number of hydrogen-bond acceptors (Lipinski definition) is 5. The van der Waals surface area contributed by atoms with E-state index in [0.29, 0.717) is 6.42 Å². The molecule has 5 rings (SSSR count). The summed E-state index contributed by atoms with van der Waals surface area (Å²) in [5.41, 5.74) is 1.74. The standard InChI is InChI=1S/C24H24N4O3S/c1-15(21-25-18-11-5-6-12-19(18)32-21)27(2)20(29)14-28-22(30)24(26-23(28)31)13-7-9-16-8-3-4-10-17(16)24/h3-6,8,10-12,15H,7,9,13-14H2,1-2H3,(H,26,31)/t15-,24+/m0/s1. The molecule has 0 bridgehead atoms. The number of nitrogens with one attached hydrogen (secondary N) is 1. The number of benzene rings is 2. The van der Waals surface area contributed by atoms with Crippen LogP contribution in [-0.4, -0.2) is 46.2 Å². The molecular weight excluding hydrogens is 424 g/mol. The van der Waals surface area contributed by atoms with Crippen LogP contribution in [0.5, 0.6) is 0 Å². The van der Waals surface area contributed by atoms with Gasteiger partial charge in [-0.15, -0.1) is 11.3 Å². The van der Waals surface area contributed by atoms with Gasteiger partial charge in [-0.2, -0.15) is 0 Å². The SMILES string of the molecule is C[C@@H](c1nc2ccccc2s1)N(C)C(=O)CN1C(=O)N[C@@]2(CCCc3ccccc32)C1=O. The number of thiazole rings is 1. The Morgan fingerprint density at radius 3 is 2.78 bits per heavy atom. The molecule has 0 saturated carbocycles. The van der Waals surface area contributed by atoms with Gasteiger partial charge < -0.3 is 10.2 Å². The molecule has 3 aromatic rings. The van der Waals surface area contributed by atoms with Gasteiger partial charge in [-0.25, -0.2) is 9.78 Å². The van der Waals surface area contributed by atoms with Crippen molar-refractivity contribution in [3.63, 3.8) is 0 Å². The topological polar surface area (TPSA) is 82.6 Å². The molecule has 1 aliphatic carbocycles. The molecule has 7 nitrogen and oxygen atoms in total. The Bertz CT molecular complexity index is 1210. The fraction of sp³-hybridized carbons (Fsp3) is 0.333. The van der Waals surface area contributed by atoms with Crippen molar-refractivity contribution < 1.29 is 14.4 Å². The largest absolute Gasteiger partial charge is 0.335 e. The number of likely N-dealkylation sites (N-methyl/N-ethyl adjacent to an activating group) is 1. The zero-order valence-electron chi connectivity index (χ0n) is 18.0. The van der Waals surface area contributed by atoms with Crippen LogP contribution in [0, 0.1) is 0 Å². The molecule has 4 amide bonds. The second-order valence-electron chi connectivity index (χ2n) is 8.44. The molecule has 1 fully saturated rings. The van der Waals surface area contributed by atoms with Crippen LogP contribution in [0.4, 0.5) is 4.79 Å². The molecule has 1 N–H and O–H groups in total. The first-order valence-corrected chi connectivity index (χ1v) is 11.6. The van der Waals surface area contributed by atoms with Crippen LogP contribution in [0.2, 0.25) is 0 Å². The summed E-state index contributed by atoms with van der Waals surface area (Å²) in [5.74, 6) is -0.648. The third-order valence-corrected chi connectivity index (χ3v) is 7.79. The molecule has 2 atom stereocenters. The molecule has 1 aromatic heterocycles. The predicted octanol–water partition coefficient (Wildman–Crippen LogP) is 3.60. The van der Waals surface area contributed by atoms with E-state index in [1.807, 2.05) is 55.5 Å². The lowest BCUT2D eigenvalue weighted by Crippen LogP contribution is -2.47. The van der Waals surface area contributed by atoms with Gasteiger partial charge in [0.25, 0.3) is 5.91 Å². The van der Waals surface area contributed by atoms with Crippen LogP contribution < -0.4 is 5.32 Å². The first-order chi connectivity index (χ1) is 15.4. The lowest BCUT2D eigenvalue weighted by atomic mass is 9.76. The molecule has 1 aliphatic heterocycles. The van der Waals surface area contributed by atoms with Gasteiger partial charge >= 0.3 is 6.03 Å². The van der Waals surface area contributed by atoms with Gasteiger partial charge in [-0.1, -0.05) is 36.4 Å². The molecule has 1 saturated heterocycles. The lowest BCUT2D eigenvalue weighted by molar-refractivity contribution is -0.139. The Kier molecular flexibility index (Phi) is 4.97. The first-order valence-electron chi connectivity index (χ1n) is 10.7. The van der Waals surface area contributed by atoms with Crippen LogP contribution in [0.1, 0.15) is 41.9 Å². The summed E-state index contributed by atoms with van der Waals surface area (Å²) in [7, 11) is 1.68. The number of rotatable bonds is 4. The van der Waals surface area contributed by atoms with Gasteiger partial charge in [0.2, 0.25) is 5.91 Å². The molecule has 0 unspecified atom stereocenters. The summed E-state index contributed by atoms with van der Waals surface area (Å²) in [4.78, 5) is 46.5. The minimum Gasteiger partial charge on any atom is -0.335 e. The molecule has 1 spiro atoms. The Morgan fingerprint density at radius 1 is 1.22 bits per heavy atom. The fourth-order valence-electron chi connectivity index (χ4n) is 4.65. The number of nitrogens with zero attached hydrogens (tertiary/aromatic N) is 3. The second-order valence-corrected chi connectivity index (χ2v) is 9.50. The minimum atomic E-state index is -1.07. The van der Waals surface area contributed by atoms with E-state index in [9.17, 15) is 14.4 Å². The Balaban J connectivity index is 1.35. The van der Waals surface area contributed by atoms with Crippen LogP contribution in [0.15, 0.2) is 48.5 Å². The number of fused-ring (bicyclic) bond motifs is 3. The van der Waals surface area contributed by atoms with Crippen LogP contribution in [0.3, 0.4) is 0 Å². The molecule has 8 heteroatoms. The second kappa shape index (κ2) is 7.70. The van der Waals surface area contributed by atoms with E-state index >= 15 is 0 Å². The summed E-state index contributed by atoms with van der Waals surface area (Å²) in [6, 6.07) is 14.8. The van der Waals surface area contributed by atoms with Crippen molar-refractivity contribution >= 4 is 39.4 Å². The normalized spacial score (nSPS) is 21.0. The number of carbonyl (C=O) groups excluding carboxylic acids is 3. The molecule has 32 heavy (non-hydrogen) atoms. The Labute approximate surface area is 190 Å². The number of carbonyl (C=O) groups is 3. The summed E-state index contributed by atoms with van der Waals surface area (Å²) in [5, 5.41) is 3.72. The fourth-order valence-corrected chi connectivity index (χ4v) is 5.72. The molecule has 164 valence electrons. The summed E-state index contributed by atoms with van der Waals surface area (Å²) in [6.07, 6.45) is 2.22. The number of aryl methyl sites for hydroxylation is 1. The number of para-hydroxylation sites is 1. The van der Waals surface area contributed by atoms with E-state index in [0.717, 1.165) is 44.1 Å². The Morgan fingerprint density at radius 2 is 1.97 bits per heavy atom. The van der Waals surface area contributed by atoms with Crippen LogP contribution in [-0.2, 0) is 21.5 Å². The third kappa shape index (κ3) is 3.17. The van der Waals surface area contributed by atoms with E-state index in [1.54, 1.807) is 11.9 Å².